The lowest BCUT2D eigenvalue weighted by molar-refractivity contribution is -0.148. The Morgan fingerprint density at radius 2 is 1.94 bits per heavy atom. The summed E-state index contributed by atoms with van der Waals surface area (Å²) >= 11 is 0. The summed E-state index contributed by atoms with van der Waals surface area (Å²) in [5.74, 6) is -3.85. The molecule has 0 saturated carbocycles. The van der Waals surface area contributed by atoms with E-state index in [0.29, 0.717) is 18.6 Å². The number of rotatable bonds is 4. The topological polar surface area (TPSA) is 105 Å². The Morgan fingerprint density at radius 1 is 1.15 bits per heavy atom. The molecular weight excluding hydrogens is 438 g/mol. The van der Waals surface area contributed by atoms with E-state index in [2.05, 4.69) is 5.32 Å². The molecule has 2 N–H and O–H groups in total. The number of nitrogens with one attached hydrogen (secondary N) is 1. The van der Waals surface area contributed by atoms with E-state index in [0.717, 1.165) is 18.2 Å². The summed E-state index contributed by atoms with van der Waals surface area (Å²) in [6, 6.07) is 7.03. The molecule has 2 aromatic carbocycles. The molecule has 3 atom stereocenters. The molecule has 0 radical (unpaired) electrons. The van der Waals surface area contributed by atoms with E-state index < -0.39 is 35.7 Å². The Labute approximate surface area is 188 Å². The van der Waals surface area contributed by atoms with Gasteiger partial charge >= 0.3 is 5.97 Å². The van der Waals surface area contributed by atoms with Crippen molar-refractivity contribution in [3.63, 3.8) is 0 Å². The third kappa shape index (κ3) is 4.80. The summed E-state index contributed by atoms with van der Waals surface area (Å²) in [7, 11) is 1.64. The number of halogens is 2. The van der Waals surface area contributed by atoms with Crippen LogP contribution in [0.5, 0.6) is 5.75 Å². The average molecular weight is 460 g/mol. The van der Waals surface area contributed by atoms with Gasteiger partial charge in [-0.2, -0.15) is 0 Å². The maximum Gasteiger partial charge on any atom is 0.305 e. The molecule has 10 heteroatoms. The summed E-state index contributed by atoms with van der Waals surface area (Å²) < 4.78 is 38.3. The average Bonchev–Trinajstić information content (AvgIpc) is 2.78. The van der Waals surface area contributed by atoms with Crippen molar-refractivity contribution in [1.29, 1.82) is 0 Å². The molecule has 0 aliphatic carbocycles. The summed E-state index contributed by atoms with van der Waals surface area (Å²) in [4.78, 5) is 38.2. The number of carbonyl (C=O) groups excluding carboxylic acids is 2. The van der Waals surface area contributed by atoms with Crippen LogP contribution in [0.1, 0.15) is 40.0 Å². The molecule has 174 valence electrons. The van der Waals surface area contributed by atoms with E-state index in [1.165, 1.54) is 18.2 Å². The van der Waals surface area contributed by atoms with E-state index in [1.807, 2.05) is 0 Å². The van der Waals surface area contributed by atoms with Crippen molar-refractivity contribution in [3.8, 4) is 5.75 Å². The third-order valence-corrected chi connectivity index (χ3v) is 5.85. The summed E-state index contributed by atoms with van der Waals surface area (Å²) in [6.45, 7) is 0.131. The molecule has 8 nitrogen and oxygen atoms in total. The maximum absolute atomic E-state index is 13.4. The number of amides is 2. The molecular formula is C23H22F2N2O6. The fourth-order valence-corrected chi connectivity index (χ4v) is 4.14. The second kappa shape index (κ2) is 9.14. The maximum atomic E-state index is 13.4. The van der Waals surface area contributed by atoms with Gasteiger partial charge in [0.25, 0.3) is 11.8 Å². The molecule has 2 aliphatic rings. The van der Waals surface area contributed by atoms with Crippen molar-refractivity contribution in [3.05, 3.63) is 59.2 Å². The second-order valence-electron chi connectivity index (χ2n) is 8.06. The van der Waals surface area contributed by atoms with Crippen LogP contribution in [-0.2, 0) is 9.53 Å². The van der Waals surface area contributed by atoms with Crippen LogP contribution in [0.25, 0.3) is 0 Å². The Morgan fingerprint density at radius 3 is 2.67 bits per heavy atom. The molecule has 2 aliphatic heterocycles. The van der Waals surface area contributed by atoms with Gasteiger partial charge in [-0.15, -0.1) is 0 Å². The fourth-order valence-electron chi connectivity index (χ4n) is 4.14. The molecule has 1 saturated heterocycles. The molecule has 2 aromatic rings. The van der Waals surface area contributed by atoms with Crippen molar-refractivity contribution in [2.75, 3.05) is 19.0 Å². The van der Waals surface area contributed by atoms with Crippen LogP contribution in [0.4, 0.5) is 14.5 Å². The largest absolute Gasteiger partial charge is 0.490 e. The summed E-state index contributed by atoms with van der Waals surface area (Å²) in [5.41, 5.74) is 0.442. The Balaban J connectivity index is 1.53. The van der Waals surface area contributed by atoms with Gasteiger partial charge < -0.3 is 24.8 Å². The van der Waals surface area contributed by atoms with Crippen molar-refractivity contribution in [1.82, 2.24) is 4.90 Å². The Bertz CT molecular complexity index is 1110. The van der Waals surface area contributed by atoms with Gasteiger partial charge in [0.05, 0.1) is 24.1 Å². The first-order chi connectivity index (χ1) is 15.7. The van der Waals surface area contributed by atoms with Crippen LogP contribution >= 0.6 is 0 Å². The number of ether oxygens (including phenoxy) is 2. The van der Waals surface area contributed by atoms with Crippen LogP contribution in [0, 0.1) is 11.6 Å². The lowest BCUT2D eigenvalue weighted by Gasteiger charge is -2.42. The number of fused-ring (bicyclic) bond motifs is 2. The first-order valence-corrected chi connectivity index (χ1v) is 10.4. The fraction of sp³-hybridized carbons (Fsp3) is 0.348. The number of hydrogen-bond acceptors (Lipinski definition) is 5. The molecule has 33 heavy (non-hydrogen) atoms. The van der Waals surface area contributed by atoms with Crippen LogP contribution in [0.15, 0.2) is 36.4 Å². The highest BCUT2D eigenvalue weighted by molar-refractivity contribution is 6.05. The molecule has 1 fully saturated rings. The predicted octanol–water partition coefficient (Wildman–Crippen LogP) is 3.07. The minimum Gasteiger partial charge on any atom is -0.490 e. The second-order valence-corrected chi connectivity index (χ2v) is 8.06. The number of carbonyl (C=O) groups is 3. The van der Waals surface area contributed by atoms with E-state index in [4.69, 9.17) is 14.6 Å². The standard InChI is InChI=1S/C23H22F2N2O6/c1-27-18-6-4-14(10-21(28)29)33-20(18)11-32-19-7-3-13(9-15(19)23(27)31)26-22(30)12-2-5-16(24)17(25)8-12/h2-3,5,7-9,14,18,20H,4,6,10-11H2,1H3,(H,26,30)(H,28,29)/t14-,18+,20+/m1/s1. The molecule has 0 aromatic heterocycles. The summed E-state index contributed by atoms with van der Waals surface area (Å²) in [5, 5.41) is 11.6. The highest BCUT2D eigenvalue weighted by atomic mass is 19.2. The molecule has 0 spiro atoms. The number of nitrogens with zero attached hydrogens (tertiary/aromatic N) is 1. The van der Waals surface area contributed by atoms with Crippen LogP contribution in [-0.4, -0.2) is 59.7 Å². The van der Waals surface area contributed by atoms with Crippen molar-refractivity contribution >= 4 is 23.5 Å². The quantitative estimate of drug-likeness (QED) is 0.727. The minimum absolute atomic E-state index is 0.0709. The van der Waals surface area contributed by atoms with E-state index in [1.54, 1.807) is 11.9 Å². The number of benzene rings is 2. The summed E-state index contributed by atoms with van der Waals surface area (Å²) in [6.07, 6.45) is 0.0400. The van der Waals surface area contributed by atoms with E-state index >= 15 is 0 Å². The lowest BCUT2D eigenvalue weighted by Crippen LogP contribution is -2.53. The first kappa shape index (κ1) is 22.7. The van der Waals surface area contributed by atoms with Gasteiger partial charge in [-0.25, -0.2) is 8.78 Å². The van der Waals surface area contributed by atoms with Crippen LogP contribution in [0.2, 0.25) is 0 Å². The van der Waals surface area contributed by atoms with Gasteiger partial charge in [-0.1, -0.05) is 0 Å². The number of aliphatic carboxylic acids is 1. The number of likely N-dealkylation sites (N-methyl/N-ethyl adjacent to an activating group) is 1. The van der Waals surface area contributed by atoms with Crippen molar-refractivity contribution < 1.29 is 37.7 Å². The highest BCUT2D eigenvalue weighted by Crippen LogP contribution is 2.32. The van der Waals surface area contributed by atoms with Gasteiger partial charge in [-0.3, -0.25) is 14.4 Å². The third-order valence-electron chi connectivity index (χ3n) is 5.85. The normalized spacial score (nSPS) is 22.3. The molecule has 2 amide bonds. The van der Waals surface area contributed by atoms with E-state index in [9.17, 15) is 23.2 Å². The van der Waals surface area contributed by atoms with Crippen molar-refractivity contribution in [2.24, 2.45) is 0 Å². The molecule has 4 rings (SSSR count). The zero-order valence-electron chi connectivity index (χ0n) is 17.7. The Hall–Kier alpha value is -3.53. The van der Waals surface area contributed by atoms with Crippen LogP contribution in [0.3, 0.4) is 0 Å². The minimum atomic E-state index is -1.14. The van der Waals surface area contributed by atoms with Gasteiger partial charge in [0.1, 0.15) is 18.5 Å². The zero-order chi connectivity index (χ0) is 23.7. The van der Waals surface area contributed by atoms with Gasteiger partial charge in [0.2, 0.25) is 0 Å². The Kier molecular flexibility index (Phi) is 6.28. The molecule has 2 heterocycles. The lowest BCUT2D eigenvalue weighted by atomic mass is 9.94. The molecule has 0 bridgehead atoms. The molecule has 0 unspecified atom stereocenters. The first-order valence-electron chi connectivity index (χ1n) is 10.4. The number of carboxylic acid groups (broad SMARTS) is 1. The monoisotopic (exact) mass is 460 g/mol. The van der Waals surface area contributed by atoms with E-state index in [-0.39, 0.29) is 41.8 Å². The number of carboxylic acids is 1. The van der Waals surface area contributed by atoms with Crippen LogP contribution < -0.4 is 10.1 Å². The van der Waals surface area contributed by atoms with Gasteiger partial charge in [-0.05, 0) is 49.2 Å². The number of anilines is 1. The smallest absolute Gasteiger partial charge is 0.305 e. The van der Waals surface area contributed by atoms with Gasteiger partial charge in [0.15, 0.2) is 11.6 Å². The van der Waals surface area contributed by atoms with Crippen molar-refractivity contribution in [2.45, 2.75) is 37.5 Å². The number of hydrogen-bond donors (Lipinski definition) is 2. The van der Waals surface area contributed by atoms with Gasteiger partial charge in [0, 0.05) is 18.3 Å². The predicted molar refractivity (Wildman–Crippen MR) is 112 cm³/mol. The SMILES string of the molecule is CN1C(=O)c2cc(NC(=O)c3ccc(F)c(F)c3)ccc2OC[C@@H]2O[C@@H](CC(=O)O)CC[C@@H]21. The zero-order valence-corrected chi connectivity index (χ0v) is 17.7. The highest BCUT2D eigenvalue weighted by Gasteiger charge is 2.39.